The number of benzene rings is 3. The second-order valence-corrected chi connectivity index (χ2v) is 8.16. The molecule has 0 amide bonds. The van der Waals surface area contributed by atoms with Gasteiger partial charge in [-0.2, -0.15) is 16.8 Å². The molecule has 0 saturated heterocycles. The highest BCUT2D eigenvalue weighted by Crippen LogP contribution is 2.33. The maximum atomic E-state index is 13.0. The first-order chi connectivity index (χ1) is 12.2. The van der Waals surface area contributed by atoms with E-state index in [2.05, 4.69) is 0 Å². The van der Waals surface area contributed by atoms with Crippen LogP contribution >= 0.6 is 0 Å². The Morgan fingerprint density at radius 2 is 0.808 bits per heavy atom. The lowest BCUT2D eigenvalue weighted by atomic mass is 9.95. The van der Waals surface area contributed by atoms with Gasteiger partial charge in [0.25, 0.3) is 0 Å². The maximum Gasteiger partial charge on any atom is 0.332 e. The summed E-state index contributed by atoms with van der Waals surface area (Å²) in [6, 6.07) is 17.7. The average Bonchev–Trinajstić information content (AvgIpc) is 2.60. The van der Waals surface area contributed by atoms with E-state index >= 15 is 0 Å². The number of rotatable bonds is 4. The van der Waals surface area contributed by atoms with E-state index in [0.717, 1.165) is 11.1 Å². The van der Waals surface area contributed by atoms with Crippen molar-refractivity contribution in [3.63, 3.8) is 0 Å². The van der Waals surface area contributed by atoms with Crippen molar-refractivity contribution in [3.05, 3.63) is 72.8 Å². The summed E-state index contributed by atoms with van der Waals surface area (Å²) in [6.07, 6.45) is 0. The molecule has 0 N–H and O–H groups in total. The Hall–Kier alpha value is -2.58. The van der Waals surface area contributed by atoms with Crippen LogP contribution in [-0.2, 0) is 20.4 Å². The molecule has 0 aliphatic rings. The second-order valence-electron chi connectivity index (χ2n) is 5.47. The molecule has 3 aromatic carbocycles. The van der Waals surface area contributed by atoms with Gasteiger partial charge in [-0.15, -0.1) is 7.77 Å². The van der Waals surface area contributed by atoms with Crippen LogP contribution in [-0.4, -0.2) is 16.8 Å². The fraction of sp³-hybridized carbons (Fsp3) is 0. The van der Waals surface area contributed by atoms with Gasteiger partial charge >= 0.3 is 20.4 Å². The van der Waals surface area contributed by atoms with Crippen LogP contribution in [0.15, 0.2) is 82.6 Å². The summed E-state index contributed by atoms with van der Waals surface area (Å²) >= 11 is 0. The van der Waals surface area contributed by atoms with Crippen molar-refractivity contribution in [2.24, 2.45) is 0 Å². The average molecular weight is 394 g/mol. The lowest BCUT2D eigenvalue weighted by Gasteiger charge is -2.11. The highest BCUT2D eigenvalue weighted by Gasteiger charge is 2.14. The minimum Gasteiger partial charge on any atom is -0.189 e. The predicted molar refractivity (Wildman–Crippen MR) is 93.9 cm³/mol. The zero-order chi connectivity index (χ0) is 18.9. The molecule has 0 spiro atoms. The molecule has 0 heterocycles. The first-order valence-electron chi connectivity index (χ1n) is 7.35. The first-order valence-corrected chi connectivity index (χ1v) is 10.1. The van der Waals surface area contributed by atoms with Crippen LogP contribution in [0.1, 0.15) is 0 Å². The van der Waals surface area contributed by atoms with Gasteiger partial charge in [-0.3, -0.25) is 0 Å². The summed E-state index contributed by atoms with van der Waals surface area (Å²) in [5.41, 5.74) is 2.75. The van der Waals surface area contributed by atoms with Gasteiger partial charge in [0.2, 0.25) is 0 Å². The third-order valence-corrected chi connectivity index (χ3v) is 5.49. The lowest BCUT2D eigenvalue weighted by molar-refractivity contribution is 0.550. The Balaban J connectivity index is 2.07. The third-order valence-electron chi connectivity index (χ3n) is 3.82. The maximum absolute atomic E-state index is 13.0. The van der Waals surface area contributed by atoms with E-state index in [0.29, 0.717) is 11.1 Å². The smallest absolute Gasteiger partial charge is 0.189 e. The summed E-state index contributed by atoms with van der Waals surface area (Å²) in [4.78, 5) is -0.868. The SMILES string of the molecule is O=S(=O)(F)c1ccc(-c2ccccc2-c2ccc(S(=O)(=O)F)cc2)cc1. The van der Waals surface area contributed by atoms with Gasteiger partial charge in [-0.25, -0.2) is 0 Å². The van der Waals surface area contributed by atoms with E-state index in [9.17, 15) is 24.6 Å². The van der Waals surface area contributed by atoms with Crippen LogP contribution in [0.4, 0.5) is 7.77 Å². The molecule has 0 radical (unpaired) electrons. The minimum absolute atomic E-state index is 0.434. The first kappa shape index (κ1) is 18.2. The Morgan fingerprint density at radius 1 is 0.500 bits per heavy atom. The van der Waals surface area contributed by atoms with Crippen molar-refractivity contribution in [1.82, 2.24) is 0 Å². The topological polar surface area (TPSA) is 68.3 Å². The van der Waals surface area contributed by atoms with E-state index in [4.69, 9.17) is 0 Å². The zero-order valence-electron chi connectivity index (χ0n) is 13.1. The summed E-state index contributed by atoms with van der Waals surface area (Å²) in [7, 11) is -9.55. The van der Waals surface area contributed by atoms with E-state index < -0.39 is 30.2 Å². The number of hydrogen-bond donors (Lipinski definition) is 0. The zero-order valence-corrected chi connectivity index (χ0v) is 14.8. The van der Waals surface area contributed by atoms with E-state index in [1.165, 1.54) is 48.5 Å². The Bertz CT molecular complexity index is 1060. The van der Waals surface area contributed by atoms with Gasteiger partial charge in [0, 0.05) is 0 Å². The standard InChI is InChI=1S/C18H12F2O4S2/c19-25(21,22)15-9-5-13(6-10-15)17-3-1-2-4-18(17)14-7-11-16(12-8-14)26(20,23)24/h1-12H. The summed E-state index contributed by atoms with van der Waals surface area (Å²) in [5.74, 6) is 0. The molecule has 3 rings (SSSR count). The summed E-state index contributed by atoms with van der Waals surface area (Å²) in [6.45, 7) is 0. The van der Waals surface area contributed by atoms with Crippen molar-refractivity contribution in [2.45, 2.75) is 9.79 Å². The monoisotopic (exact) mass is 394 g/mol. The molecule has 0 unspecified atom stereocenters. The van der Waals surface area contributed by atoms with Crippen LogP contribution in [0.25, 0.3) is 22.3 Å². The van der Waals surface area contributed by atoms with Gasteiger partial charge < -0.3 is 0 Å². The Morgan fingerprint density at radius 3 is 1.08 bits per heavy atom. The largest absolute Gasteiger partial charge is 0.332 e. The molecule has 3 aromatic rings. The van der Waals surface area contributed by atoms with Crippen molar-refractivity contribution in [1.29, 1.82) is 0 Å². The quantitative estimate of drug-likeness (QED) is 0.618. The van der Waals surface area contributed by atoms with Crippen LogP contribution < -0.4 is 0 Å². The predicted octanol–water partition coefficient (Wildman–Crippen LogP) is 4.34. The van der Waals surface area contributed by atoms with Crippen molar-refractivity contribution < 1.29 is 24.6 Å². The van der Waals surface area contributed by atoms with Crippen molar-refractivity contribution >= 4 is 20.4 Å². The number of hydrogen-bond acceptors (Lipinski definition) is 4. The van der Waals surface area contributed by atoms with Crippen LogP contribution in [0.5, 0.6) is 0 Å². The summed E-state index contributed by atoms with van der Waals surface area (Å²) in [5, 5.41) is 0. The molecule has 26 heavy (non-hydrogen) atoms. The lowest BCUT2D eigenvalue weighted by Crippen LogP contribution is -1.93. The second kappa shape index (κ2) is 6.62. The minimum atomic E-state index is -4.78. The number of halogens is 2. The van der Waals surface area contributed by atoms with E-state index in [1.54, 1.807) is 24.3 Å². The Labute approximate surface area is 150 Å². The molecule has 134 valence electrons. The molecule has 4 nitrogen and oxygen atoms in total. The highest BCUT2D eigenvalue weighted by molar-refractivity contribution is 7.86. The van der Waals surface area contributed by atoms with Crippen LogP contribution in [0, 0.1) is 0 Å². The molecular weight excluding hydrogens is 382 g/mol. The van der Waals surface area contributed by atoms with E-state index in [1.807, 2.05) is 0 Å². The van der Waals surface area contributed by atoms with Gasteiger partial charge in [0.1, 0.15) is 0 Å². The molecular formula is C18H12F2O4S2. The molecule has 8 heteroatoms. The van der Waals surface area contributed by atoms with Crippen molar-refractivity contribution in [2.75, 3.05) is 0 Å². The molecule has 0 aromatic heterocycles. The normalized spacial score (nSPS) is 12.1. The molecule has 0 atom stereocenters. The van der Waals surface area contributed by atoms with Crippen LogP contribution in [0.3, 0.4) is 0 Å². The third kappa shape index (κ3) is 3.81. The fourth-order valence-corrected chi connectivity index (χ4v) is 3.50. The van der Waals surface area contributed by atoms with Gasteiger partial charge in [-0.05, 0) is 46.5 Å². The molecule has 0 aliphatic heterocycles. The molecule has 0 aliphatic carbocycles. The fourth-order valence-electron chi connectivity index (χ4n) is 2.58. The van der Waals surface area contributed by atoms with Gasteiger partial charge in [-0.1, -0.05) is 48.5 Å². The highest BCUT2D eigenvalue weighted by atomic mass is 32.3. The Kier molecular flexibility index (Phi) is 4.64. The van der Waals surface area contributed by atoms with Crippen molar-refractivity contribution in [3.8, 4) is 22.3 Å². The van der Waals surface area contributed by atoms with E-state index in [-0.39, 0.29) is 0 Å². The van der Waals surface area contributed by atoms with Gasteiger partial charge in [0.05, 0.1) is 9.79 Å². The molecule has 0 bridgehead atoms. The van der Waals surface area contributed by atoms with Crippen LogP contribution in [0.2, 0.25) is 0 Å². The van der Waals surface area contributed by atoms with Gasteiger partial charge in [0.15, 0.2) is 0 Å². The summed E-state index contributed by atoms with van der Waals surface area (Å²) < 4.78 is 69.8. The molecule has 0 fully saturated rings. The molecule has 0 saturated carbocycles.